The van der Waals surface area contributed by atoms with Gasteiger partial charge in [0, 0.05) is 26.6 Å². The molecule has 1 heterocycles. The topological polar surface area (TPSA) is 72.2 Å². The van der Waals surface area contributed by atoms with E-state index in [0.717, 1.165) is 24.5 Å². The number of aliphatic hydroxyl groups excluding tert-OH is 1. The van der Waals surface area contributed by atoms with Crippen LogP contribution in [-0.4, -0.2) is 45.7 Å². The molecule has 0 saturated carbocycles. The number of benzene rings is 1. The number of nitrogens with one attached hydrogen (secondary N) is 1. The number of hydrogen-bond donors (Lipinski definition) is 2. The average Bonchev–Trinajstić information content (AvgIpc) is 2.88. The van der Waals surface area contributed by atoms with Gasteiger partial charge in [0.05, 0.1) is 0 Å². The highest BCUT2D eigenvalue weighted by molar-refractivity contribution is 5.20. The summed E-state index contributed by atoms with van der Waals surface area (Å²) in [6, 6.07) is 9.47. The molecule has 1 aromatic carbocycles. The van der Waals surface area contributed by atoms with Crippen molar-refractivity contribution in [2.75, 3.05) is 19.7 Å². The molecule has 1 aromatic heterocycles. The number of hydrogen-bond acceptors (Lipinski definition) is 5. The van der Waals surface area contributed by atoms with Gasteiger partial charge in [-0.15, -0.1) is 0 Å². The number of aliphatic hydroxyl groups is 1. The van der Waals surface area contributed by atoms with E-state index in [-0.39, 0.29) is 6.61 Å². The smallest absolute Gasteiger partial charge is 0.151 e. The van der Waals surface area contributed by atoms with Gasteiger partial charge in [0.15, 0.2) is 5.82 Å². The summed E-state index contributed by atoms with van der Waals surface area (Å²) in [4.78, 5) is 4.13. The van der Waals surface area contributed by atoms with Gasteiger partial charge in [-0.3, -0.25) is 4.68 Å². The summed E-state index contributed by atoms with van der Waals surface area (Å²) < 4.78 is 7.15. The molecule has 0 amide bonds. The van der Waals surface area contributed by atoms with Crippen molar-refractivity contribution in [3.63, 3.8) is 0 Å². The monoisotopic (exact) mass is 276 g/mol. The molecule has 0 bridgehead atoms. The van der Waals surface area contributed by atoms with Gasteiger partial charge < -0.3 is 15.2 Å². The Hall–Kier alpha value is -1.92. The minimum atomic E-state index is -0.535. The van der Waals surface area contributed by atoms with Crippen LogP contribution in [0.4, 0.5) is 0 Å². The van der Waals surface area contributed by atoms with Crippen LogP contribution >= 0.6 is 0 Å². The summed E-state index contributed by atoms with van der Waals surface area (Å²) in [5.74, 6) is 1.57. The van der Waals surface area contributed by atoms with Crippen molar-refractivity contribution >= 4 is 0 Å². The van der Waals surface area contributed by atoms with Crippen LogP contribution in [0.25, 0.3) is 0 Å². The molecule has 2 N–H and O–H groups in total. The van der Waals surface area contributed by atoms with Gasteiger partial charge in [-0.1, -0.05) is 18.2 Å². The molecule has 0 radical (unpaired) electrons. The zero-order valence-corrected chi connectivity index (χ0v) is 11.6. The first-order chi connectivity index (χ1) is 9.74. The minimum absolute atomic E-state index is 0.277. The van der Waals surface area contributed by atoms with Crippen molar-refractivity contribution in [1.29, 1.82) is 0 Å². The van der Waals surface area contributed by atoms with Crippen LogP contribution in [0.1, 0.15) is 5.82 Å². The Balaban J connectivity index is 1.57. The molecule has 0 aliphatic rings. The van der Waals surface area contributed by atoms with E-state index >= 15 is 0 Å². The van der Waals surface area contributed by atoms with E-state index in [1.54, 1.807) is 11.0 Å². The third kappa shape index (κ3) is 4.99. The molecule has 6 nitrogen and oxygen atoms in total. The van der Waals surface area contributed by atoms with Crippen molar-refractivity contribution in [2.24, 2.45) is 7.05 Å². The summed E-state index contributed by atoms with van der Waals surface area (Å²) in [6.07, 6.45) is 1.89. The van der Waals surface area contributed by atoms with Crippen LogP contribution < -0.4 is 10.1 Å². The first-order valence-corrected chi connectivity index (χ1v) is 6.65. The SMILES string of the molecule is Cn1cnc(CCNCC(O)COc2ccccc2)n1. The fourth-order valence-corrected chi connectivity index (χ4v) is 1.74. The average molecular weight is 276 g/mol. The van der Waals surface area contributed by atoms with Crippen LogP contribution in [0.3, 0.4) is 0 Å². The number of rotatable bonds is 8. The minimum Gasteiger partial charge on any atom is -0.491 e. The summed E-state index contributed by atoms with van der Waals surface area (Å²) >= 11 is 0. The largest absolute Gasteiger partial charge is 0.491 e. The predicted octanol–water partition coefficient (Wildman–Crippen LogP) is 0.387. The Morgan fingerprint density at radius 3 is 2.85 bits per heavy atom. The van der Waals surface area contributed by atoms with Gasteiger partial charge in [0.2, 0.25) is 0 Å². The summed E-state index contributed by atoms with van der Waals surface area (Å²) in [7, 11) is 1.84. The third-order valence-corrected chi connectivity index (χ3v) is 2.74. The first-order valence-electron chi connectivity index (χ1n) is 6.65. The highest BCUT2D eigenvalue weighted by atomic mass is 16.5. The summed E-state index contributed by atoms with van der Waals surface area (Å²) in [5, 5.41) is 17.1. The van der Waals surface area contributed by atoms with E-state index in [1.165, 1.54) is 0 Å². The third-order valence-electron chi connectivity index (χ3n) is 2.74. The Bertz CT molecular complexity index is 501. The van der Waals surface area contributed by atoms with Crippen molar-refractivity contribution in [3.8, 4) is 5.75 Å². The van der Waals surface area contributed by atoms with Gasteiger partial charge in [-0.2, -0.15) is 5.10 Å². The lowest BCUT2D eigenvalue weighted by Crippen LogP contribution is -2.32. The zero-order valence-electron chi connectivity index (χ0n) is 11.6. The molecular weight excluding hydrogens is 256 g/mol. The molecule has 2 aromatic rings. The van der Waals surface area contributed by atoms with Crippen molar-refractivity contribution in [3.05, 3.63) is 42.5 Å². The van der Waals surface area contributed by atoms with Crippen LogP contribution in [-0.2, 0) is 13.5 Å². The van der Waals surface area contributed by atoms with Gasteiger partial charge in [-0.25, -0.2) is 4.98 Å². The second-order valence-corrected chi connectivity index (χ2v) is 4.57. The van der Waals surface area contributed by atoms with Crippen LogP contribution in [0.5, 0.6) is 5.75 Å². The first kappa shape index (κ1) is 14.5. The van der Waals surface area contributed by atoms with Gasteiger partial charge in [0.25, 0.3) is 0 Å². The quantitative estimate of drug-likeness (QED) is 0.682. The van der Waals surface area contributed by atoms with E-state index in [9.17, 15) is 5.11 Å². The number of para-hydroxylation sites is 1. The van der Waals surface area contributed by atoms with E-state index in [0.29, 0.717) is 6.54 Å². The molecule has 1 atom stereocenters. The lowest BCUT2D eigenvalue weighted by atomic mass is 10.3. The Kier molecular flexibility index (Phi) is 5.52. The number of aryl methyl sites for hydroxylation is 1. The van der Waals surface area contributed by atoms with Crippen molar-refractivity contribution in [2.45, 2.75) is 12.5 Å². The summed E-state index contributed by atoms with van der Waals surface area (Å²) in [6.45, 7) is 1.49. The standard InChI is InChI=1S/C14H20N4O2/c1-18-11-16-14(17-18)7-8-15-9-12(19)10-20-13-5-3-2-4-6-13/h2-6,11-12,15,19H,7-10H2,1H3. The molecule has 0 aliphatic carbocycles. The van der Waals surface area contributed by atoms with Gasteiger partial charge in [0.1, 0.15) is 24.8 Å². The molecular formula is C14H20N4O2. The number of nitrogens with zero attached hydrogens (tertiary/aromatic N) is 3. The van der Waals surface area contributed by atoms with Crippen LogP contribution in [0.15, 0.2) is 36.7 Å². The van der Waals surface area contributed by atoms with Gasteiger partial charge >= 0.3 is 0 Å². The maximum Gasteiger partial charge on any atom is 0.151 e. The van der Waals surface area contributed by atoms with E-state index < -0.39 is 6.10 Å². The molecule has 20 heavy (non-hydrogen) atoms. The molecule has 0 aliphatic heterocycles. The molecule has 6 heteroatoms. The van der Waals surface area contributed by atoms with Gasteiger partial charge in [-0.05, 0) is 12.1 Å². The molecule has 0 fully saturated rings. The lowest BCUT2D eigenvalue weighted by molar-refractivity contribution is 0.106. The maximum absolute atomic E-state index is 9.79. The molecule has 0 spiro atoms. The lowest BCUT2D eigenvalue weighted by Gasteiger charge is -2.12. The second-order valence-electron chi connectivity index (χ2n) is 4.57. The molecule has 1 unspecified atom stereocenters. The highest BCUT2D eigenvalue weighted by Gasteiger charge is 2.05. The molecule has 108 valence electrons. The van der Waals surface area contributed by atoms with Crippen LogP contribution in [0.2, 0.25) is 0 Å². The number of ether oxygens (including phenoxy) is 1. The zero-order chi connectivity index (χ0) is 14.2. The van der Waals surface area contributed by atoms with Crippen LogP contribution in [0, 0.1) is 0 Å². The maximum atomic E-state index is 9.79. The molecule has 2 rings (SSSR count). The molecule has 0 saturated heterocycles. The number of aromatic nitrogens is 3. The highest BCUT2D eigenvalue weighted by Crippen LogP contribution is 2.08. The van der Waals surface area contributed by atoms with E-state index in [1.807, 2.05) is 37.4 Å². The normalized spacial score (nSPS) is 12.3. The second kappa shape index (κ2) is 7.62. The van der Waals surface area contributed by atoms with E-state index in [2.05, 4.69) is 15.4 Å². The fraction of sp³-hybridized carbons (Fsp3) is 0.429. The Morgan fingerprint density at radius 2 is 2.15 bits per heavy atom. The summed E-state index contributed by atoms with van der Waals surface area (Å²) in [5.41, 5.74) is 0. The predicted molar refractivity (Wildman–Crippen MR) is 75.5 cm³/mol. The van der Waals surface area contributed by atoms with Crippen molar-refractivity contribution in [1.82, 2.24) is 20.1 Å². The Labute approximate surface area is 118 Å². The Morgan fingerprint density at radius 1 is 1.35 bits per heavy atom. The fourth-order valence-electron chi connectivity index (χ4n) is 1.74. The van der Waals surface area contributed by atoms with E-state index in [4.69, 9.17) is 4.74 Å². The van der Waals surface area contributed by atoms with Crippen molar-refractivity contribution < 1.29 is 9.84 Å².